The molecule has 0 bridgehead atoms. The summed E-state index contributed by atoms with van der Waals surface area (Å²) in [6.45, 7) is 6.38. The van der Waals surface area contributed by atoms with Crippen molar-refractivity contribution < 1.29 is 18.6 Å². The average molecular weight is 669 g/mol. The second-order valence-corrected chi connectivity index (χ2v) is 10.4. The van der Waals surface area contributed by atoms with Gasteiger partial charge in [-0.05, 0) is 71.0 Å². The minimum atomic E-state index is 0.555. The van der Waals surface area contributed by atoms with Gasteiger partial charge in [0.15, 0.2) is 0 Å². The number of hydrogen-bond donors (Lipinski definition) is 2. The number of aromatic nitrogens is 2. The molecule has 0 spiro atoms. The minimum Gasteiger partial charge on any atom is -0.696 e. The van der Waals surface area contributed by atoms with Crippen LogP contribution in [-0.4, -0.2) is 26.3 Å². The molecule has 0 amide bonds. The molecule has 0 saturated carbocycles. The molecule has 0 radical (unpaired) electrons. The van der Waals surface area contributed by atoms with Crippen LogP contribution in [0.2, 0.25) is 0 Å². The Kier molecular flexibility index (Phi) is 16.6. The highest BCUT2D eigenvalue weighted by molar-refractivity contribution is 7.64. The highest BCUT2D eigenvalue weighted by Crippen LogP contribution is 2.32. The number of nitrogens with one attached hydrogen (secondary N) is 2. The summed E-state index contributed by atoms with van der Waals surface area (Å²) < 4.78 is 15.6. The van der Waals surface area contributed by atoms with Crippen LogP contribution in [0.5, 0.6) is 11.5 Å². The van der Waals surface area contributed by atoms with E-state index in [1.807, 2.05) is 96.6 Å². The molecular formula is C28H32N10O2S4. The van der Waals surface area contributed by atoms with Crippen molar-refractivity contribution in [3.05, 3.63) is 59.6 Å². The second kappa shape index (κ2) is 20.4. The molecule has 0 saturated heterocycles. The standard InChI is InChI=1S/C26H30N8O2S2.2CHNS/c1-5-35-23-17-19(29-31-25-33(3)13-15-37-25)7-9-21(23)27-11-12-28-22-10-8-20(18-24(22)36-6-2)30-32-26-34(4)14-16-38-26;2*2-1-3/h7-10,13-18H,5-6,11-12H2,1-4H3;2*3H. The first-order chi connectivity index (χ1) is 21.4. The van der Waals surface area contributed by atoms with E-state index in [1.165, 1.54) is 33.5 Å². The first-order valence-electron chi connectivity index (χ1n) is 13.1. The summed E-state index contributed by atoms with van der Waals surface area (Å²) in [5, 5.41) is 46.8. The Morgan fingerprint density at radius 3 is 1.43 bits per heavy atom. The highest BCUT2D eigenvalue weighted by Gasteiger charge is 2.11. The number of nitriles is 2. The number of rotatable bonds is 13. The Balaban J connectivity index is 0.00000104. The van der Waals surface area contributed by atoms with Gasteiger partial charge in [0, 0.05) is 36.0 Å². The van der Waals surface area contributed by atoms with Gasteiger partial charge >= 0.3 is 10.3 Å². The van der Waals surface area contributed by atoms with E-state index in [1.54, 1.807) is 0 Å². The Morgan fingerprint density at radius 2 is 1.11 bits per heavy atom. The van der Waals surface area contributed by atoms with Gasteiger partial charge in [0.05, 0.1) is 48.9 Å². The third-order valence-corrected chi connectivity index (χ3v) is 6.98. The van der Waals surface area contributed by atoms with E-state index in [2.05, 4.69) is 56.3 Å². The van der Waals surface area contributed by atoms with Crippen molar-refractivity contribution >= 4 is 80.9 Å². The van der Waals surface area contributed by atoms with E-state index < -0.39 is 0 Å². The van der Waals surface area contributed by atoms with Gasteiger partial charge in [0.2, 0.25) is 0 Å². The molecule has 2 aromatic heterocycles. The normalized spacial score (nSPS) is 10.1. The monoisotopic (exact) mass is 668 g/mol. The van der Waals surface area contributed by atoms with Gasteiger partial charge in [-0.15, -0.1) is 0 Å². The molecule has 0 unspecified atom stereocenters. The van der Waals surface area contributed by atoms with Gasteiger partial charge in [0.1, 0.15) is 35.3 Å². The average Bonchev–Trinajstić information content (AvgIpc) is 3.62. The van der Waals surface area contributed by atoms with E-state index in [0.29, 0.717) is 26.3 Å². The second-order valence-electron chi connectivity index (χ2n) is 8.26. The molecule has 0 aliphatic heterocycles. The number of thiocyanates is 2. The molecule has 2 heterocycles. The summed E-state index contributed by atoms with van der Waals surface area (Å²) in [4.78, 5) is 0. The van der Waals surface area contributed by atoms with Gasteiger partial charge in [-0.1, -0.05) is 10.8 Å². The summed E-state index contributed by atoms with van der Waals surface area (Å²) >= 11 is 10.5. The molecule has 16 heteroatoms. The fraction of sp³-hybridized carbons (Fsp3) is 0.286. The predicted octanol–water partition coefficient (Wildman–Crippen LogP) is 6.64. The maximum Gasteiger partial charge on any atom is 0.408 e. The lowest BCUT2D eigenvalue weighted by Gasteiger charge is -2.15. The first-order valence-corrected chi connectivity index (χ1v) is 15.7. The van der Waals surface area contributed by atoms with Crippen LogP contribution in [0.4, 0.5) is 33.0 Å². The van der Waals surface area contributed by atoms with Crippen molar-refractivity contribution in [2.75, 3.05) is 36.9 Å². The number of hydrogen-bond acceptors (Lipinski definition) is 14. The van der Waals surface area contributed by atoms with Crippen LogP contribution >= 0.6 is 22.7 Å². The first kappa shape index (κ1) is 35.7. The van der Waals surface area contributed by atoms with Crippen LogP contribution in [0.15, 0.2) is 80.0 Å². The van der Waals surface area contributed by atoms with Crippen LogP contribution in [-0.2, 0) is 39.4 Å². The van der Waals surface area contributed by atoms with E-state index in [9.17, 15) is 0 Å². The van der Waals surface area contributed by atoms with Crippen LogP contribution in [0.3, 0.4) is 0 Å². The Morgan fingerprint density at radius 1 is 0.727 bits per heavy atom. The number of aryl methyl sites for hydroxylation is 2. The van der Waals surface area contributed by atoms with Crippen molar-refractivity contribution in [3.63, 3.8) is 0 Å². The van der Waals surface area contributed by atoms with Crippen LogP contribution < -0.4 is 29.2 Å². The van der Waals surface area contributed by atoms with Gasteiger partial charge in [-0.3, -0.25) is 0 Å². The molecule has 0 atom stereocenters. The van der Waals surface area contributed by atoms with Crippen molar-refractivity contribution in [1.82, 2.24) is 0 Å². The van der Waals surface area contributed by atoms with Crippen molar-refractivity contribution in [2.24, 2.45) is 34.6 Å². The number of ether oxygens (including phenoxy) is 2. The third-order valence-electron chi connectivity index (χ3n) is 5.31. The third kappa shape index (κ3) is 12.0. The summed E-state index contributed by atoms with van der Waals surface area (Å²) in [5.41, 5.74) is 3.27. The molecule has 0 aliphatic rings. The molecule has 2 aromatic carbocycles. The van der Waals surface area contributed by atoms with Crippen LogP contribution in [0, 0.1) is 21.3 Å². The minimum absolute atomic E-state index is 0.555. The number of thiazole rings is 2. The van der Waals surface area contributed by atoms with Crippen LogP contribution in [0.25, 0.3) is 0 Å². The summed E-state index contributed by atoms with van der Waals surface area (Å²) in [6.07, 6.45) is 3.91. The smallest absolute Gasteiger partial charge is 0.408 e. The van der Waals surface area contributed by atoms with E-state index in [-0.39, 0.29) is 0 Å². The predicted molar refractivity (Wildman–Crippen MR) is 177 cm³/mol. The summed E-state index contributed by atoms with van der Waals surface area (Å²) in [5.74, 6) is 1.48. The molecule has 4 rings (SSSR count). The molecule has 4 aromatic rings. The lowest BCUT2D eigenvalue weighted by molar-refractivity contribution is -0.654. The lowest BCUT2D eigenvalue weighted by atomic mass is 10.2. The molecule has 44 heavy (non-hydrogen) atoms. The Labute approximate surface area is 276 Å². The summed E-state index contributed by atoms with van der Waals surface area (Å²) in [6, 6.07) is 11.6. The SMILES string of the molecule is CCOc1cc(N=Nc2scc[n+]2C)ccc1NCCNc1ccc(N=Nc2scc[n+]2C)cc1OCC.N#C[S-].N#C[S-]. The zero-order chi connectivity index (χ0) is 32.2. The van der Waals surface area contributed by atoms with E-state index in [4.69, 9.17) is 20.0 Å². The highest BCUT2D eigenvalue weighted by atomic mass is 32.1. The van der Waals surface area contributed by atoms with Crippen molar-refractivity contribution in [3.8, 4) is 22.3 Å². The zero-order valence-corrected chi connectivity index (χ0v) is 27.9. The van der Waals surface area contributed by atoms with E-state index in [0.717, 1.165) is 44.5 Å². The maximum atomic E-state index is 7.13. The molecule has 12 nitrogen and oxygen atoms in total. The largest absolute Gasteiger partial charge is 0.696 e. The van der Waals surface area contributed by atoms with Crippen molar-refractivity contribution in [1.29, 1.82) is 10.5 Å². The van der Waals surface area contributed by atoms with Crippen molar-refractivity contribution in [2.45, 2.75) is 13.8 Å². The quantitative estimate of drug-likeness (QED) is 0.0530. The number of anilines is 2. The number of nitrogens with zero attached hydrogens (tertiary/aromatic N) is 8. The van der Waals surface area contributed by atoms with Gasteiger partial charge in [-0.2, -0.15) is 0 Å². The van der Waals surface area contributed by atoms with Crippen LogP contribution in [0.1, 0.15) is 13.8 Å². The number of benzene rings is 2. The van der Waals surface area contributed by atoms with Gasteiger partial charge < -0.3 is 45.4 Å². The molecule has 2 N–H and O–H groups in total. The summed E-state index contributed by atoms with van der Waals surface area (Å²) in [7, 11) is 3.89. The fourth-order valence-corrected chi connectivity index (χ4v) is 4.79. The van der Waals surface area contributed by atoms with Gasteiger partial charge in [-0.25, -0.2) is 19.7 Å². The Hall–Kier alpha value is -4.48. The molecule has 0 fully saturated rings. The topological polar surface area (TPSA) is 147 Å². The molecule has 0 aliphatic carbocycles. The maximum absolute atomic E-state index is 7.13. The fourth-order valence-electron chi connectivity index (χ4n) is 3.43. The van der Waals surface area contributed by atoms with E-state index >= 15 is 0 Å². The lowest BCUT2D eigenvalue weighted by Crippen LogP contribution is -2.23. The Bertz CT molecular complexity index is 1470. The zero-order valence-electron chi connectivity index (χ0n) is 24.6. The number of azo groups is 2. The molecule has 230 valence electrons. The van der Waals surface area contributed by atoms with Gasteiger partial charge in [0.25, 0.3) is 0 Å². The molecular weight excluding hydrogens is 637 g/mol.